The van der Waals surface area contributed by atoms with Gasteiger partial charge in [-0.2, -0.15) is 0 Å². The molecule has 0 aliphatic carbocycles. The fourth-order valence-corrected chi connectivity index (χ4v) is 2.00. The minimum Gasteiger partial charge on any atom is -0.353 e. The molecule has 1 saturated heterocycles. The zero-order chi connectivity index (χ0) is 14.0. The van der Waals surface area contributed by atoms with Crippen molar-refractivity contribution in [3.8, 4) is 0 Å². The first-order valence-corrected chi connectivity index (χ1v) is 5.87. The maximum atomic E-state index is 12.1. The van der Waals surface area contributed by atoms with Crippen molar-refractivity contribution in [1.82, 2.24) is 20.2 Å². The first-order valence-electron chi connectivity index (χ1n) is 5.87. The molecule has 1 aromatic rings. The van der Waals surface area contributed by atoms with E-state index in [1.807, 2.05) is 4.98 Å². The van der Waals surface area contributed by atoms with Gasteiger partial charge >= 0.3 is 5.69 Å². The van der Waals surface area contributed by atoms with Gasteiger partial charge < -0.3 is 15.2 Å². The van der Waals surface area contributed by atoms with Gasteiger partial charge in [0, 0.05) is 24.8 Å². The van der Waals surface area contributed by atoms with E-state index in [4.69, 9.17) is 0 Å². The molecule has 1 aliphatic heterocycles. The van der Waals surface area contributed by atoms with Crippen molar-refractivity contribution in [1.29, 1.82) is 0 Å². The van der Waals surface area contributed by atoms with Crippen molar-refractivity contribution >= 4 is 11.8 Å². The van der Waals surface area contributed by atoms with Gasteiger partial charge in [-0.25, -0.2) is 4.79 Å². The SMILES string of the molecule is CC1C(=O)NCCN1C(=O)Cc1cc(=O)[nH]c(=O)[nH]1. The van der Waals surface area contributed by atoms with Gasteiger partial charge in [-0.05, 0) is 6.92 Å². The topological polar surface area (TPSA) is 115 Å². The molecule has 3 N–H and O–H groups in total. The molecule has 2 heterocycles. The number of H-pyrrole nitrogens is 2. The number of aromatic nitrogens is 2. The van der Waals surface area contributed by atoms with Crippen molar-refractivity contribution in [3.63, 3.8) is 0 Å². The molecule has 2 amide bonds. The number of hydrogen-bond donors (Lipinski definition) is 3. The summed E-state index contributed by atoms with van der Waals surface area (Å²) in [7, 11) is 0. The average molecular weight is 266 g/mol. The van der Waals surface area contributed by atoms with E-state index in [2.05, 4.69) is 10.3 Å². The Morgan fingerprint density at radius 2 is 2.11 bits per heavy atom. The molecule has 2 rings (SSSR count). The van der Waals surface area contributed by atoms with Gasteiger partial charge in [0.15, 0.2) is 0 Å². The number of piperazine rings is 1. The Bertz CT molecular complexity index is 589. The molecule has 0 spiro atoms. The van der Waals surface area contributed by atoms with Gasteiger partial charge in [0.05, 0.1) is 6.42 Å². The highest BCUT2D eigenvalue weighted by Crippen LogP contribution is 2.06. The number of aromatic amines is 2. The second-order valence-corrected chi connectivity index (χ2v) is 4.34. The summed E-state index contributed by atoms with van der Waals surface area (Å²) < 4.78 is 0. The number of rotatable bonds is 2. The van der Waals surface area contributed by atoms with Crippen LogP contribution in [0.15, 0.2) is 15.7 Å². The first kappa shape index (κ1) is 13.1. The number of nitrogens with one attached hydrogen (secondary N) is 3. The summed E-state index contributed by atoms with van der Waals surface area (Å²) >= 11 is 0. The van der Waals surface area contributed by atoms with Crippen LogP contribution in [0.25, 0.3) is 0 Å². The summed E-state index contributed by atoms with van der Waals surface area (Å²) in [5.74, 6) is -0.511. The third-order valence-corrected chi connectivity index (χ3v) is 2.98. The van der Waals surface area contributed by atoms with Crippen molar-refractivity contribution in [2.75, 3.05) is 13.1 Å². The van der Waals surface area contributed by atoms with Gasteiger partial charge in [0.1, 0.15) is 6.04 Å². The van der Waals surface area contributed by atoms with Gasteiger partial charge in [-0.1, -0.05) is 0 Å². The van der Waals surface area contributed by atoms with Crippen LogP contribution in [-0.2, 0) is 16.0 Å². The molecule has 19 heavy (non-hydrogen) atoms. The maximum Gasteiger partial charge on any atom is 0.325 e. The van der Waals surface area contributed by atoms with Crippen molar-refractivity contribution < 1.29 is 9.59 Å². The smallest absolute Gasteiger partial charge is 0.325 e. The Kier molecular flexibility index (Phi) is 3.50. The average Bonchev–Trinajstić information content (AvgIpc) is 2.31. The lowest BCUT2D eigenvalue weighted by molar-refractivity contribution is -0.142. The Morgan fingerprint density at radius 1 is 1.37 bits per heavy atom. The van der Waals surface area contributed by atoms with E-state index in [9.17, 15) is 19.2 Å². The zero-order valence-electron chi connectivity index (χ0n) is 10.4. The Hall–Kier alpha value is -2.38. The summed E-state index contributed by atoms with van der Waals surface area (Å²) in [6, 6.07) is 0.614. The molecule has 0 aromatic carbocycles. The number of hydrogen-bond acceptors (Lipinski definition) is 4. The molecule has 8 nitrogen and oxygen atoms in total. The molecule has 1 aliphatic rings. The maximum absolute atomic E-state index is 12.1. The standard InChI is InChI=1S/C11H14N4O4/c1-6-10(18)12-2-3-15(6)9(17)5-7-4-8(16)14-11(19)13-7/h4,6H,2-3,5H2,1H3,(H,12,18)(H2,13,14,16,19). The molecular weight excluding hydrogens is 252 g/mol. The van der Waals surface area contributed by atoms with Crippen LogP contribution in [-0.4, -0.2) is 45.8 Å². The summed E-state index contributed by atoms with van der Waals surface area (Å²) in [4.78, 5) is 51.6. The quantitative estimate of drug-likeness (QED) is 0.571. The minimum atomic E-state index is -0.653. The molecule has 0 radical (unpaired) electrons. The predicted molar refractivity (Wildman–Crippen MR) is 65.6 cm³/mol. The number of amides is 2. The van der Waals surface area contributed by atoms with Crippen LogP contribution >= 0.6 is 0 Å². The fourth-order valence-electron chi connectivity index (χ4n) is 2.00. The van der Waals surface area contributed by atoms with Gasteiger partial charge in [-0.3, -0.25) is 19.4 Å². The molecule has 1 fully saturated rings. The van der Waals surface area contributed by atoms with Crippen LogP contribution in [0.5, 0.6) is 0 Å². The molecule has 1 unspecified atom stereocenters. The highest BCUT2D eigenvalue weighted by molar-refractivity contribution is 5.89. The third-order valence-electron chi connectivity index (χ3n) is 2.98. The summed E-state index contributed by atoms with van der Waals surface area (Å²) in [6.07, 6.45) is -0.114. The van der Waals surface area contributed by atoms with E-state index in [0.717, 1.165) is 6.07 Å². The van der Waals surface area contributed by atoms with E-state index >= 15 is 0 Å². The van der Waals surface area contributed by atoms with Crippen LogP contribution in [0.2, 0.25) is 0 Å². The molecule has 8 heteroatoms. The molecular formula is C11H14N4O4. The van der Waals surface area contributed by atoms with Crippen molar-refractivity contribution in [2.24, 2.45) is 0 Å². The zero-order valence-corrected chi connectivity index (χ0v) is 10.4. The second kappa shape index (κ2) is 5.09. The lowest BCUT2D eigenvalue weighted by Crippen LogP contribution is -2.56. The highest BCUT2D eigenvalue weighted by atomic mass is 16.2. The van der Waals surface area contributed by atoms with Crippen molar-refractivity contribution in [3.05, 3.63) is 32.6 Å². The molecule has 102 valence electrons. The largest absolute Gasteiger partial charge is 0.353 e. The normalized spacial score (nSPS) is 19.1. The fraction of sp³-hybridized carbons (Fsp3) is 0.455. The minimum absolute atomic E-state index is 0.114. The van der Waals surface area contributed by atoms with E-state index < -0.39 is 17.3 Å². The van der Waals surface area contributed by atoms with Crippen LogP contribution in [0.3, 0.4) is 0 Å². The second-order valence-electron chi connectivity index (χ2n) is 4.34. The molecule has 0 saturated carbocycles. The van der Waals surface area contributed by atoms with Crippen LogP contribution in [0.1, 0.15) is 12.6 Å². The Morgan fingerprint density at radius 3 is 2.79 bits per heavy atom. The molecule has 1 aromatic heterocycles. The van der Waals surface area contributed by atoms with E-state index in [1.54, 1.807) is 6.92 Å². The van der Waals surface area contributed by atoms with E-state index in [0.29, 0.717) is 13.1 Å². The third kappa shape index (κ3) is 2.90. The molecule has 1 atom stereocenters. The highest BCUT2D eigenvalue weighted by Gasteiger charge is 2.29. The lowest BCUT2D eigenvalue weighted by Gasteiger charge is -2.32. The van der Waals surface area contributed by atoms with Crippen LogP contribution in [0, 0.1) is 0 Å². The van der Waals surface area contributed by atoms with E-state index in [1.165, 1.54) is 4.90 Å². The van der Waals surface area contributed by atoms with Gasteiger partial charge in [0.25, 0.3) is 5.56 Å². The number of carbonyl (C=O) groups is 2. The predicted octanol–water partition coefficient (Wildman–Crippen LogP) is -2.05. The summed E-state index contributed by atoms with van der Waals surface area (Å²) in [5.41, 5.74) is -0.979. The van der Waals surface area contributed by atoms with Crippen LogP contribution < -0.4 is 16.6 Å². The Labute approximate surface area is 107 Å². The summed E-state index contributed by atoms with van der Waals surface area (Å²) in [6.45, 7) is 2.45. The Balaban J connectivity index is 2.14. The van der Waals surface area contributed by atoms with Gasteiger partial charge in [0.2, 0.25) is 11.8 Å². The monoisotopic (exact) mass is 266 g/mol. The molecule has 0 bridgehead atoms. The van der Waals surface area contributed by atoms with Crippen LogP contribution in [0.4, 0.5) is 0 Å². The first-order chi connectivity index (χ1) is 8.97. The van der Waals surface area contributed by atoms with Gasteiger partial charge in [-0.15, -0.1) is 0 Å². The lowest BCUT2D eigenvalue weighted by atomic mass is 10.1. The number of nitrogens with zero attached hydrogens (tertiary/aromatic N) is 1. The van der Waals surface area contributed by atoms with Crippen molar-refractivity contribution in [2.45, 2.75) is 19.4 Å². The summed E-state index contributed by atoms with van der Waals surface area (Å²) in [5, 5.41) is 2.65. The number of carbonyl (C=O) groups excluding carboxylic acids is 2. The van der Waals surface area contributed by atoms with E-state index in [-0.39, 0.29) is 23.9 Å².